The molecule has 1 aliphatic heterocycles. The van der Waals surface area contributed by atoms with Crippen LogP contribution in [0.15, 0.2) is 30.3 Å². The van der Waals surface area contributed by atoms with Crippen LogP contribution >= 0.6 is 0 Å². The van der Waals surface area contributed by atoms with Gasteiger partial charge >= 0.3 is 0 Å². The molecule has 2 N–H and O–H groups in total. The van der Waals surface area contributed by atoms with Crippen LogP contribution in [-0.2, 0) is 27.5 Å². The maximum Gasteiger partial charge on any atom is 0.270 e. The first-order valence-corrected chi connectivity index (χ1v) is 10.1. The molecule has 0 spiro atoms. The summed E-state index contributed by atoms with van der Waals surface area (Å²) in [4.78, 5) is 24.6. The number of rotatable bonds is 2. The second-order valence-corrected chi connectivity index (χ2v) is 8.88. The molecule has 25 heavy (non-hydrogen) atoms. The van der Waals surface area contributed by atoms with Gasteiger partial charge in [0.05, 0.1) is 17.4 Å². The molecule has 1 fully saturated rings. The van der Waals surface area contributed by atoms with Crippen molar-refractivity contribution in [3.05, 3.63) is 47.0 Å². The molecule has 2 amide bonds. The molecule has 0 aromatic heterocycles. The van der Waals surface area contributed by atoms with Crippen molar-refractivity contribution in [2.75, 3.05) is 11.5 Å². The zero-order chi connectivity index (χ0) is 17.6. The SMILES string of the molecule is O=C(NNC(=O)[C@H]1CCS(=O)(=O)C1)c1ccc2c3c(cccc13)CC2. The quantitative estimate of drug-likeness (QED) is 0.788. The predicted octanol–water partition coefficient (Wildman–Crippen LogP) is 1.13. The molecule has 1 saturated heterocycles. The van der Waals surface area contributed by atoms with Crippen LogP contribution in [0.4, 0.5) is 0 Å². The smallest absolute Gasteiger partial charge is 0.270 e. The van der Waals surface area contributed by atoms with Crippen LogP contribution in [0.2, 0.25) is 0 Å². The van der Waals surface area contributed by atoms with E-state index in [-0.39, 0.29) is 11.5 Å². The van der Waals surface area contributed by atoms with E-state index in [4.69, 9.17) is 0 Å². The van der Waals surface area contributed by atoms with Crippen LogP contribution in [0.25, 0.3) is 10.8 Å². The third-order valence-corrected chi connectivity index (χ3v) is 6.79. The number of carbonyl (C=O) groups excluding carboxylic acids is 2. The largest absolute Gasteiger partial charge is 0.273 e. The lowest BCUT2D eigenvalue weighted by Crippen LogP contribution is -2.44. The topological polar surface area (TPSA) is 92.3 Å². The van der Waals surface area contributed by atoms with Gasteiger partial charge in [0.25, 0.3) is 5.91 Å². The van der Waals surface area contributed by atoms with E-state index in [0.717, 1.165) is 23.6 Å². The minimum Gasteiger partial charge on any atom is -0.273 e. The summed E-state index contributed by atoms with van der Waals surface area (Å²) in [6, 6.07) is 9.65. The third-order valence-electron chi connectivity index (χ3n) is 5.02. The van der Waals surface area contributed by atoms with Crippen molar-refractivity contribution in [1.29, 1.82) is 0 Å². The molecule has 1 aliphatic carbocycles. The summed E-state index contributed by atoms with van der Waals surface area (Å²) in [6.07, 6.45) is 2.25. The van der Waals surface area contributed by atoms with Gasteiger partial charge in [-0.15, -0.1) is 0 Å². The van der Waals surface area contributed by atoms with Crippen molar-refractivity contribution in [2.24, 2.45) is 5.92 Å². The standard InChI is InChI=1S/C18H18N2O4S/c21-17(13-8-9-25(23,24)10-13)19-20-18(22)15-7-6-12-5-4-11-2-1-3-14(15)16(11)12/h1-3,6-7,13H,4-5,8-10H2,(H,19,21)(H,20,22)/t13-/m0/s1. The van der Waals surface area contributed by atoms with Gasteiger partial charge in [-0.1, -0.05) is 24.3 Å². The molecule has 2 aromatic carbocycles. The summed E-state index contributed by atoms with van der Waals surface area (Å²) in [6.45, 7) is 0. The van der Waals surface area contributed by atoms with Crippen molar-refractivity contribution in [3.8, 4) is 0 Å². The normalized spacial score (nSPS) is 20.6. The van der Waals surface area contributed by atoms with E-state index in [2.05, 4.69) is 16.9 Å². The molecule has 1 atom stereocenters. The van der Waals surface area contributed by atoms with Crippen molar-refractivity contribution in [1.82, 2.24) is 10.9 Å². The maximum absolute atomic E-state index is 12.5. The summed E-state index contributed by atoms with van der Waals surface area (Å²) in [7, 11) is -3.14. The molecular formula is C18H18N2O4S. The molecule has 6 nitrogen and oxygen atoms in total. The Morgan fingerprint density at radius 3 is 2.48 bits per heavy atom. The molecule has 7 heteroatoms. The lowest BCUT2D eigenvalue weighted by molar-refractivity contribution is -0.125. The van der Waals surface area contributed by atoms with Gasteiger partial charge in [0.1, 0.15) is 0 Å². The molecule has 0 radical (unpaired) electrons. The Morgan fingerprint density at radius 1 is 1.00 bits per heavy atom. The van der Waals surface area contributed by atoms with Gasteiger partial charge in [0.15, 0.2) is 9.84 Å². The first-order chi connectivity index (χ1) is 11.9. The van der Waals surface area contributed by atoms with E-state index in [1.54, 1.807) is 6.07 Å². The monoisotopic (exact) mass is 358 g/mol. The zero-order valence-corrected chi connectivity index (χ0v) is 14.4. The van der Waals surface area contributed by atoms with Gasteiger partial charge in [-0.3, -0.25) is 20.4 Å². The Kier molecular flexibility index (Phi) is 3.76. The van der Waals surface area contributed by atoms with Crippen molar-refractivity contribution < 1.29 is 18.0 Å². The lowest BCUT2D eigenvalue weighted by Gasteiger charge is -2.12. The van der Waals surface area contributed by atoms with Gasteiger partial charge in [0, 0.05) is 5.56 Å². The minimum absolute atomic E-state index is 0.0217. The fraction of sp³-hybridized carbons (Fsp3) is 0.333. The van der Waals surface area contributed by atoms with Crippen LogP contribution in [0.1, 0.15) is 27.9 Å². The molecule has 0 unspecified atom stereocenters. The Hall–Kier alpha value is -2.41. The highest BCUT2D eigenvalue weighted by Gasteiger charge is 2.33. The number of sulfone groups is 1. The average Bonchev–Trinajstić information content (AvgIpc) is 3.17. The van der Waals surface area contributed by atoms with Crippen molar-refractivity contribution in [2.45, 2.75) is 19.3 Å². The number of nitrogens with one attached hydrogen (secondary N) is 2. The molecule has 0 bridgehead atoms. The van der Waals surface area contributed by atoms with E-state index in [9.17, 15) is 18.0 Å². The first kappa shape index (κ1) is 16.1. The molecule has 1 heterocycles. The fourth-order valence-electron chi connectivity index (χ4n) is 3.73. The number of hydrogen-bond donors (Lipinski definition) is 2. The molecule has 130 valence electrons. The van der Waals surface area contributed by atoms with Crippen LogP contribution in [0.3, 0.4) is 0 Å². The summed E-state index contributed by atoms with van der Waals surface area (Å²) >= 11 is 0. The molecule has 2 aliphatic rings. The number of benzene rings is 2. The second kappa shape index (κ2) is 5.84. The molecule has 0 saturated carbocycles. The molecular weight excluding hydrogens is 340 g/mol. The van der Waals surface area contributed by atoms with Crippen LogP contribution in [-0.4, -0.2) is 31.7 Å². The molecule has 2 aromatic rings. The minimum atomic E-state index is -3.14. The fourth-order valence-corrected chi connectivity index (χ4v) is 5.48. The first-order valence-electron chi connectivity index (χ1n) is 8.29. The van der Waals surface area contributed by atoms with E-state index in [1.165, 1.54) is 11.1 Å². The lowest BCUT2D eigenvalue weighted by atomic mass is 9.99. The van der Waals surface area contributed by atoms with Gasteiger partial charge in [-0.2, -0.15) is 0 Å². The highest BCUT2D eigenvalue weighted by Crippen LogP contribution is 2.32. The van der Waals surface area contributed by atoms with Crippen LogP contribution < -0.4 is 10.9 Å². The predicted molar refractivity (Wildman–Crippen MR) is 93.7 cm³/mol. The van der Waals surface area contributed by atoms with E-state index in [1.807, 2.05) is 18.2 Å². The second-order valence-electron chi connectivity index (χ2n) is 6.66. The Bertz CT molecular complexity index is 987. The van der Waals surface area contributed by atoms with Crippen LogP contribution in [0.5, 0.6) is 0 Å². The van der Waals surface area contributed by atoms with Gasteiger partial charge in [-0.05, 0) is 47.2 Å². The number of hydrazine groups is 1. The van der Waals surface area contributed by atoms with Crippen molar-refractivity contribution >= 4 is 32.4 Å². The van der Waals surface area contributed by atoms with Gasteiger partial charge < -0.3 is 0 Å². The summed E-state index contributed by atoms with van der Waals surface area (Å²) in [5.74, 6) is -1.59. The highest BCUT2D eigenvalue weighted by molar-refractivity contribution is 7.91. The summed E-state index contributed by atoms with van der Waals surface area (Å²) in [5, 5.41) is 2.01. The van der Waals surface area contributed by atoms with E-state index >= 15 is 0 Å². The van der Waals surface area contributed by atoms with E-state index in [0.29, 0.717) is 12.0 Å². The Morgan fingerprint density at radius 2 is 1.76 bits per heavy atom. The number of amides is 2. The summed E-state index contributed by atoms with van der Waals surface area (Å²) < 4.78 is 22.9. The zero-order valence-electron chi connectivity index (χ0n) is 13.5. The van der Waals surface area contributed by atoms with Crippen LogP contribution in [0, 0.1) is 5.92 Å². The Balaban J connectivity index is 1.51. The maximum atomic E-state index is 12.5. The van der Waals surface area contributed by atoms with Gasteiger partial charge in [-0.25, -0.2) is 8.42 Å². The molecule has 4 rings (SSSR count). The third kappa shape index (κ3) is 2.89. The number of hydrogen-bond acceptors (Lipinski definition) is 4. The van der Waals surface area contributed by atoms with Gasteiger partial charge in [0.2, 0.25) is 5.91 Å². The number of carbonyl (C=O) groups is 2. The number of aryl methyl sites for hydroxylation is 2. The summed E-state index contributed by atoms with van der Waals surface area (Å²) in [5.41, 5.74) is 7.77. The van der Waals surface area contributed by atoms with E-state index < -0.39 is 27.6 Å². The Labute approximate surface area is 145 Å². The van der Waals surface area contributed by atoms with Crippen molar-refractivity contribution in [3.63, 3.8) is 0 Å². The highest BCUT2D eigenvalue weighted by atomic mass is 32.2. The average molecular weight is 358 g/mol.